The van der Waals surface area contributed by atoms with Crippen LogP contribution in [-0.2, 0) is 6.54 Å². The summed E-state index contributed by atoms with van der Waals surface area (Å²) in [6.45, 7) is 0.438. The van der Waals surface area contributed by atoms with Gasteiger partial charge in [-0.3, -0.25) is 10.2 Å². The molecule has 5 nitrogen and oxygen atoms in total. The zero-order valence-corrected chi connectivity index (χ0v) is 10.8. The Balaban J connectivity index is 1.58. The van der Waals surface area contributed by atoms with Crippen LogP contribution in [0.15, 0.2) is 54.6 Å². The lowest BCUT2D eigenvalue weighted by Gasteiger charge is -2.05. The third-order valence-electron chi connectivity index (χ3n) is 2.93. The van der Waals surface area contributed by atoms with Crippen molar-refractivity contribution in [1.82, 2.24) is 20.8 Å². The summed E-state index contributed by atoms with van der Waals surface area (Å²) in [6.07, 6.45) is 0. The summed E-state index contributed by atoms with van der Waals surface area (Å²) in [5.74, 6) is 0.612. The highest BCUT2D eigenvalue weighted by atomic mass is 16.2. The van der Waals surface area contributed by atoms with Crippen LogP contribution in [-0.4, -0.2) is 15.9 Å². The maximum Gasteiger partial charge on any atom is 0.265 e. The Kier molecular flexibility index (Phi) is 3.43. The van der Waals surface area contributed by atoms with Crippen LogP contribution in [0.25, 0.3) is 11.0 Å². The molecule has 3 aromatic rings. The normalized spacial score (nSPS) is 10.6. The molecule has 1 amide bonds. The van der Waals surface area contributed by atoms with Crippen molar-refractivity contribution in [3.63, 3.8) is 0 Å². The lowest BCUT2D eigenvalue weighted by atomic mass is 10.2. The highest BCUT2D eigenvalue weighted by Crippen LogP contribution is 2.09. The van der Waals surface area contributed by atoms with E-state index in [1.807, 2.05) is 42.5 Å². The number of H-pyrrole nitrogens is 1. The number of para-hydroxylation sites is 2. The molecule has 1 heterocycles. The minimum Gasteiger partial charge on any atom is -0.341 e. The van der Waals surface area contributed by atoms with Crippen LogP contribution in [0, 0.1) is 0 Å². The number of amides is 1. The van der Waals surface area contributed by atoms with Gasteiger partial charge in [-0.05, 0) is 24.3 Å². The van der Waals surface area contributed by atoms with Crippen molar-refractivity contribution < 1.29 is 4.79 Å². The molecule has 0 aliphatic heterocycles. The average Bonchev–Trinajstić information content (AvgIpc) is 2.90. The van der Waals surface area contributed by atoms with Crippen LogP contribution < -0.4 is 10.9 Å². The predicted octanol–water partition coefficient (Wildman–Crippen LogP) is 2.00. The first-order valence-electron chi connectivity index (χ1n) is 6.35. The zero-order valence-electron chi connectivity index (χ0n) is 10.8. The molecule has 100 valence electrons. The number of hydrogen-bond donors (Lipinski definition) is 3. The largest absolute Gasteiger partial charge is 0.341 e. The molecule has 3 rings (SSSR count). The molecule has 20 heavy (non-hydrogen) atoms. The van der Waals surface area contributed by atoms with Crippen LogP contribution in [0.1, 0.15) is 16.2 Å². The molecule has 2 aromatic carbocycles. The molecule has 0 aliphatic rings. The van der Waals surface area contributed by atoms with Gasteiger partial charge in [-0.15, -0.1) is 0 Å². The van der Waals surface area contributed by atoms with Gasteiger partial charge in [0, 0.05) is 5.56 Å². The van der Waals surface area contributed by atoms with Crippen LogP contribution in [0.3, 0.4) is 0 Å². The Labute approximate surface area is 116 Å². The minimum atomic E-state index is -0.165. The van der Waals surface area contributed by atoms with Gasteiger partial charge in [0.25, 0.3) is 5.91 Å². The number of aromatic amines is 1. The number of hydrogen-bond acceptors (Lipinski definition) is 3. The van der Waals surface area contributed by atoms with Crippen LogP contribution in [0.2, 0.25) is 0 Å². The van der Waals surface area contributed by atoms with E-state index in [1.54, 1.807) is 12.1 Å². The molecule has 0 saturated heterocycles. The SMILES string of the molecule is O=C(NNCc1nc2ccccc2[nH]1)c1ccccc1. The molecule has 0 fully saturated rings. The molecule has 5 heteroatoms. The number of hydrazine groups is 1. The third-order valence-corrected chi connectivity index (χ3v) is 2.93. The van der Waals surface area contributed by atoms with Gasteiger partial charge < -0.3 is 4.98 Å². The van der Waals surface area contributed by atoms with Crippen molar-refractivity contribution in [2.24, 2.45) is 0 Å². The van der Waals surface area contributed by atoms with Gasteiger partial charge in [-0.25, -0.2) is 10.4 Å². The van der Waals surface area contributed by atoms with Gasteiger partial charge in [0.15, 0.2) is 0 Å². The van der Waals surface area contributed by atoms with E-state index in [0.717, 1.165) is 16.9 Å². The van der Waals surface area contributed by atoms with E-state index >= 15 is 0 Å². The van der Waals surface area contributed by atoms with Gasteiger partial charge >= 0.3 is 0 Å². The molecule has 0 bridgehead atoms. The summed E-state index contributed by atoms with van der Waals surface area (Å²) in [5.41, 5.74) is 8.03. The third kappa shape index (κ3) is 2.67. The summed E-state index contributed by atoms with van der Waals surface area (Å²) in [7, 11) is 0. The number of nitrogens with one attached hydrogen (secondary N) is 3. The van der Waals surface area contributed by atoms with E-state index in [9.17, 15) is 4.79 Å². The van der Waals surface area contributed by atoms with Crippen molar-refractivity contribution in [2.45, 2.75) is 6.54 Å². The molecule has 1 aromatic heterocycles. The second-order valence-corrected chi connectivity index (χ2v) is 4.37. The molecular formula is C15H14N4O. The first kappa shape index (κ1) is 12.4. The molecule has 0 spiro atoms. The first-order chi connectivity index (χ1) is 9.83. The number of benzene rings is 2. The van der Waals surface area contributed by atoms with E-state index in [0.29, 0.717) is 12.1 Å². The van der Waals surface area contributed by atoms with E-state index in [2.05, 4.69) is 20.8 Å². The van der Waals surface area contributed by atoms with Gasteiger partial charge in [0.05, 0.1) is 17.6 Å². The number of imidazole rings is 1. The number of rotatable bonds is 4. The van der Waals surface area contributed by atoms with Gasteiger partial charge in [0.1, 0.15) is 5.82 Å². The lowest BCUT2D eigenvalue weighted by Crippen LogP contribution is -2.37. The van der Waals surface area contributed by atoms with E-state index in [-0.39, 0.29) is 5.91 Å². The highest BCUT2D eigenvalue weighted by molar-refractivity contribution is 5.93. The van der Waals surface area contributed by atoms with Crippen molar-refractivity contribution in [1.29, 1.82) is 0 Å². The number of nitrogens with zero attached hydrogens (tertiary/aromatic N) is 1. The quantitative estimate of drug-likeness (QED) is 0.633. The number of carbonyl (C=O) groups is 1. The van der Waals surface area contributed by atoms with Gasteiger partial charge in [-0.2, -0.15) is 0 Å². The lowest BCUT2D eigenvalue weighted by molar-refractivity contribution is 0.0932. The molecule has 3 N–H and O–H groups in total. The highest BCUT2D eigenvalue weighted by Gasteiger charge is 2.04. The fourth-order valence-corrected chi connectivity index (χ4v) is 1.96. The van der Waals surface area contributed by atoms with Gasteiger partial charge in [-0.1, -0.05) is 30.3 Å². The molecule has 0 radical (unpaired) electrons. The van der Waals surface area contributed by atoms with E-state index in [1.165, 1.54) is 0 Å². The fraction of sp³-hybridized carbons (Fsp3) is 0.0667. The summed E-state index contributed by atoms with van der Waals surface area (Å²) in [5, 5.41) is 0. The number of aromatic nitrogens is 2. The topological polar surface area (TPSA) is 69.8 Å². The Morgan fingerprint density at radius 3 is 2.60 bits per heavy atom. The van der Waals surface area contributed by atoms with E-state index in [4.69, 9.17) is 0 Å². The van der Waals surface area contributed by atoms with Crippen molar-refractivity contribution in [3.8, 4) is 0 Å². The van der Waals surface area contributed by atoms with Crippen molar-refractivity contribution in [2.75, 3.05) is 0 Å². The van der Waals surface area contributed by atoms with Crippen LogP contribution >= 0.6 is 0 Å². The number of carbonyl (C=O) groups excluding carboxylic acids is 1. The van der Waals surface area contributed by atoms with Crippen molar-refractivity contribution in [3.05, 3.63) is 66.0 Å². The zero-order chi connectivity index (χ0) is 13.8. The standard InChI is InChI=1S/C15H14N4O/c20-15(11-6-2-1-3-7-11)19-16-10-14-17-12-8-4-5-9-13(12)18-14/h1-9,16H,10H2,(H,17,18)(H,19,20). The second kappa shape index (κ2) is 5.54. The summed E-state index contributed by atoms with van der Waals surface area (Å²) in [4.78, 5) is 19.4. The Hall–Kier alpha value is -2.66. The van der Waals surface area contributed by atoms with Crippen LogP contribution in [0.4, 0.5) is 0 Å². The fourth-order valence-electron chi connectivity index (χ4n) is 1.96. The summed E-state index contributed by atoms with van der Waals surface area (Å²) < 4.78 is 0. The molecule has 0 saturated carbocycles. The summed E-state index contributed by atoms with van der Waals surface area (Å²) >= 11 is 0. The Bertz CT molecular complexity index is 688. The molecule has 0 unspecified atom stereocenters. The monoisotopic (exact) mass is 266 g/mol. The molecule has 0 aliphatic carbocycles. The Morgan fingerprint density at radius 2 is 1.80 bits per heavy atom. The maximum atomic E-state index is 11.8. The smallest absolute Gasteiger partial charge is 0.265 e. The molecule has 0 atom stereocenters. The summed E-state index contributed by atoms with van der Waals surface area (Å²) in [6, 6.07) is 16.9. The predicted molar refractivity (Wildman–Crippen MR) is 76.8 cm³/mol. The maximum absolute atomic E-state index is 11.8. The van der Waals surface area contributed by atoms with Crippen LogP contribution in [0.5, 0.6) is 0 Å². The first-order valence-corrected chi connectivity index (χ1v) is 6.35. The minimum absolute atomic E-state index is 0.165. The van der Waals surface area contributed by atoms with Crippen molar-refractivity contribution >= 4 is 16.9 Å². The average molecular weight is 266 g/mol. The molecular weight excluding hydrogens is 252 g/mol. The van der Waals surface area contributed by atoms with E-state index < -0.39 is 0 Å². The second-order valence-electron chi connectivity index (χ2n) is 4.37. The number of fused-ring (bicyclic) bond motifs is 1. The Morgan fingerprint density at radius 1 is 1.05 bits per heavy atom. The van der Waals surface area contributed by atoms with Gasteiger partial charge in [0.2, 0.25) is 0 Å².